The number of rotatable bonds is 6. The van der Waals surface area contributed by atoms with Crippen molar-refractivity contribution in [3.63, 3.8) is 0 Å². The molecule has 2 rings (SSSR count). The second kappa shape index (κ2) is 7.96. The van der Waals surface area contributed by atoms with Gasteiger partial charge in [0.25, 0.3) is 0 Å². The molecule has 0 bridgehead atoms. The van der Waals surface area contributed by atoms with E-state index in [1.807, 2.05) is 12.1 Å². The number of aromatic nitrogens is 1. The third kappa shape index (κ3) is 6.06. The summed E-state index contributed by atoms with van der Waals surface area (Å²) in [5.41, 5.74) is 2.48. The average Bonchev–Trinajstić information content (AvgIpc) is 2.95. The van der Waals surface area contributed by atoms with E-state index < -0.39 is 0 Å². The van der Waals surface area contributed by atoms with Crippen LogP contribution in [-0.2, 0) is 21.4 Å². The fourth-order valence-corrected chi connectivity index (χ4v) is 2.31. The van der Waals surface area contributed by atoms with Crippen LogP contribution in [0.15, 0.2) is 34.9 Å². The third-order valence-corrected chi connectivity index (χ3v) is 3.80. The van der Waals surface area contributed by atoms with E-state index in [1.165, 1.54) is 5.56 Å². The molecule has 0 aliphatic carbocycles. The van der Waals surface area contributed by atoms with Crippen molar-refractivity contribution in [2.45, 2.75) is 46.0 Å². The van der Waals surface area contributed by atoms with Gasteiger partial charge >= 0.3 is 0 Å². The van der Waals surface area contributed by atoms with Gasteiger partial charge < -0.3 is 15.2 Å². The highest BCUT2D eigenvalue weighted by molar-refractivity contribution is 5.93. The maximum absolute atomic E-state index is 11.9. The van der Waals surface area contributed by atoms with Crippen molar-refractivity contribution in [1.82, 2.24) is 10.5 Å². The van der Waals surface area contributed by atoms with Gasteiger partial charge in [0, 0.05) is 12.5 Å². The topological polar surface area (TPSA) is 84.2 Å². The van der Waals surface area contributed by atoms with Crippen LogP contribution < -0.4 is 10.6 Å². The van der Waals surface area contributed by atoms with Gasteiger partial charge in [-0.3, -0.25) is 9.59 Å². The summed E-state index contributed by atoms with van der Waals surface area (Å²) in [6.07, 6.45) is 0.978. The SMILES string of the molecule is Cc1cc(NC(=O)CNC(=O)CCc2ccc(C(C)(C)C)cc2)no1. The van der Waals surface area contributed by atoms with Gasteiger partial charge in [-0.1, -0.05) is 50.2 Å². The number of amides is 2. The number of benzene rings is 1. The van der Waals surface area contributed by atoms with Crippen molar-refractivity contribution >= 4 is 17.6 Å². The molecule has 0 spiro atoms. The van der Waals surface area contributed by atoms with Crippen molar-refractivity contribution in [3.05, 3.63) is 47.2 Å². The molecule has 2 amide bonds. The lowest BCUT2D eigenvalue weighted by molar-refractivity contribution is -0.124. The van der Waals surface area contributed by atoms with E-state index in [0.29, 0.717) is 24.4 Å². The van der Waals surface area contributed by atoms with Crippen molar-refractivity contribution in [1.29, 1.82) is 0 Å². The number of nitrogens with one attached hydrogen (secondary N) is 2. The van der Waals surface area contributed by atoms with Crippen molar-refractivity contribution in [2.75, 3.05) is 11.9 Å². The molecule has 0 unspecified atom stereocenters. The molecule has 1 heterocycles. The molecule has 6 nitrogen and oxygen atoms in total. The number of hydrogen-bond acceptors (Lipinski definition) is 4. The minimum Gasteiger partial charge on any atom is -0.360 e. The summed E-state index contributed by atoms with van der Waals surface area (Å²) in [7, 11) is 0. The lowest BCUT2D eigenvalue weighted by Crippen LogP contribution is -2.33. The Labute approximate surface area is 148 Å². The second-order valence-corrected chi connectivity index (χ2v) is 7.09. The zero-order valence-electron chi connectivity index (χ0n) is 15.2. The average molecular weight is 343 g/mol. The monoisotopic (exact) mass is 343 g/mol. The highest BCUT2D eigenvalue weighted by Gasteiger charge is 2.13. The van der Waals surface area contributed by atoms with E-state index in [-0.39, 0.29) is 23.8 Å². The maximum Gasteiger partial charge on any atom is 0.245 e. The Hall–Kier alpha value is -2.63. The van der Waals surface area contributed by atoms with Gasteiger partial charge in [0.15, 0.2) is 5.82 Å². The normalized spacial score (nSPS) is 11.2. The predicted molar refractivity (Wildman–Crippen MR) is 96.3 cm³/mol. The summed E-state index contributed by atoms with van der Waals surface area (Å²) in [4.78, 5) is 23.6. The van der Waals surface area contributed by atoms with Gasteiger partial charge in [-0.15, -0.1) is 0 Å². The Morgan fingerprint density at radius 2 is 1.80 bits per heavy atom. The number of carbonyl (C=O) groups excluding carboxylic acids is 2. The molecule has 6 heteroatoms. The van der Waals surface area contributed by atoms with Gasteiger partial charge in [0.05, 0.1) is 6.54 Å². The molecule has 1 aromatic heterocycles. The van der Waals surface area contributed by atoms with E-state index >= 15 is 0 Å². The lowest BCUT2D eigenvalue weighted by Gasteiger charge is -2.19. The van der Waals surface area contributed by atoms with Crippen LogP contribution in [-0.4, -0.2) is 23.5 Å². The first-order valence-electron chi connectivity index (χ1n) is 8.33. The van der Waals surface area contributed by atoms with Crippen molar-refractivity contribution < 1.29 is 14.1 Å². The first kappa shape index (κ1) is 18.7. The van der Waals surface area contributed by atoms with Crippen LogP contribution in [0.3, 0.4) is 0 Å². The maximum atomic E-state index is 11.9. The molecule has 0 aliphatic rings. The fourth-order valence-electron chi connectivity index (χ4n) is 2.31. The largest absolute Gasteiger partial charge is 0.360 e. The molecular weight excluding hydrogens is 318 g/mol. The molecule has 0 saturated heterocycles. The quantitative estimate of drug-likeness (QED) is 0.844. The molecule has 134 valence electrons. The summed E-state index contributed by atoms with van der Waals surface area (Å²) in [5, 5.41) is 8.82. The number of carbonyl (C=O) groups is 2. The van der Waals surface area contributed by atoms with Crippen LogP contribution in [0, 0.1) is 6.92 Å². The highest BCUT2D eigenvalue weighted by Crippen LogP contribution is 2.22. The summed E-state index contributed by atoms with van der Waals surface area (Å²) >= 11 is 0. The van der Waals surface area contributed by atoms with Crippen molar-refractivity contribution in [3.8, 4) is 0 Å². The van der Waals surface area contributed by atoms with Gasteiger partial charge in [-0.2, -0.15) is 0 Å². The first-order valence-corrected chi connectivity index (χ1v) is 8.33. The zero-order valence-corrected chi connectivity index (χ0v) is 15.2. The van der Waals surface area contributed by atoms with Gasteiger partial charge in [-0.25, -0.2) is 0 Å². The van der Waals surface area contributed by atoms with Crippen LogP contribution in [0.5, 0.6) is 0 Å². The Kier molecular flexibility index (Phi) is 5.96. The molecule has 0 aliphatic heterocycles. The number of anilines is 1. The Morgan fingerprint density at radius 3 is 2.36 bits per heavy atom. The van der Waals surface area contributed by atoms with E-state index in [0.717, 1.165) is 5.56 Å². The Balaban J connectivity index is 1.72. The summed E-state index contributed by atoms with van der Waals surface area (Å²) in [6, 6.07) is 9.91. The number of hydrogen-bond donors (Lipinski definition) is 2. The van der Waals surface area contributed by atoms with Crippen LogP contribution in [0.2, 0.25) is 0 Å². The molecule has 25 heavy (non-hydrogen) atoms. The van der Waals surface area contributed by atoms with E-state index in [9.17, 15) is 9.59 Å². The van der Waals surface area contributed by atoms with E-state index in [1.54, 1.807) is 13.0 Å². The summed E-state index contributed by atoms with van der Waals surface area (Å²) < 4.78 is 4.86. The molecular formula is C19H25N3O3. The van der Waals surface area contributed by atoms with Crippen LogP contribution >= 0.6 is 0 Å². The standard InChI is InChI=1S/C19H25N3O3/c1-13-11-16(22-25-13)21-18(24)12-20-17(23)10-7-14-5-8-15(9-6-14)19(2,3)4/h5-6,8-9,11H,7,10,12H2,1-4H3,(H,20,23)(H,21,22,24). The number of aryl methyl sites for hydroxylation is 2. The fraction of sp³-hybridized carbons (Fsp3) is 0.421. The minimum atomic E-state index is -0.337. The smallest absolute Gasteiger partial charge is 0.245 e. The summed E-state index contributed by atoms with van der Waals surface area (Å²) in [6.45, 7) is 8.15. The van der Waals surface area contributed by atoms with Crippen molar-refractivity contribution in [2.24, 2.45) is 0 Å². The van der Waals surface area contributed by atoms with Crippen LogP contribution in [0.1, 0.15) is 44.1 Å². The molecule has 0 atom stereocenters. The number of nitrogens with zero attached hydrogens (tertiary/aromatic N) is 1. The zero-order chi connectivity index (χ0) is 18.4. The molecule has 1 aromatic carbocycles. The van der Waals surface area contributed by atoms with Gasteiger partial charge in [0.2, 0.25) is 11.8 Å². The van der Waals surface area contributed by atoms with E-state index in [2.05, 4.69) is 48.7 Å². The third-order valence-electron chi connectivity index (χ3n) is 3.80. The first-order chi connectivity index (χ1) is 11.7. The lowest BCUT2D eigenvalue weighted by atomic mass is 9.86. The molecule has 0 fully saturated rings. The van der Waals surface area contributed by atoms with Gasteiger partial charge in [-0.05, 0) is 29.9 Å². The second-order valence-electron chi connectivity index (χ2n) is 7.09. The Morgan fingerprint density at radius 1 is 1.12 bits per heavy atom. The van der Waals surface area contributed by atoms with Crippen LogP contribution in [0.25, 0.3) is 0 Å². The Bertz CT molecular complexity index is 727. The molecule has 0 radical (unpaired) electrons. The molecule has 0 saturated carbocycles. The minimum absolute atomic E-state index is 0.0896. The van der Waals surface area contributed by atoms with E-state index in [4.69, 9.17) is 4.52 Å². The summed E-state index contributed by atoms with van der Waals surface area (Å²) in [5.74, 6) is 0.454. The van der Waals surface area contributed by atoms with Crippen LogP contribution in [0.4, 0.5) is 5.82 Å². The molecule has 2 N–H and O–H groups in total. The molecule has 2 aromatic rings. The predicted octanol–water partition coefficient (Wildman–Crippen LogP) is 2.97. The highest BCUT2D eigenvalue weighted by atomic mass is 16.5. The van der Waals surface area contributed by atoms with Gasteiger partial charge in [0.1, 0.15) is 5.76 Å².